The standard InChI is InChI=1S/C13H19FN2O/c14-12-7-3-2-6-11(12)10-13(17)16-9-5-1-4-8-15/h2-3,6-7H,1,4-5,8-10,15H2,(H,16,17). The normalized spacial score (nSPS) is 10.2. The van der Waals surface area contributed by atoms with Crippen LogP contribution in [0.4, 0.5) is 4.39 Å². The monoisotopic (exact) mass is 238 g/mol. The van der Waals surface area contributed by atoms with Gasteiger partial charge >= 0.3 is 0 Å². The molecule has 3 nitrogen and oxygen atoms in total. The van der Waals surface area contributed by atoms with Crippen molar-refractivity contribution in [2.24, 2.45) is 5.73 Å². The van der Waals surface area contributed by atoms with E-state index < -0.39 is 0 Å². The zero-order valence-corrected chi connectivity index (χ0v) is 9.92. The fourth-order valence-corrected chi connectivity index (χ4v) is 1.55. The molecule has 0 aliphatic carbocycles. The summed E-state index contributed by atoms with van der Waals surface area (Å²) in [6, 6.07) is 6.34. The number of carbonyl (C=O) groups excluding carboxylic acids is 1. The molecule has 0 saturated carbocycles. The highest BCUT2D eigenvalue weighted by Gasteiger charge is 2.06. The number of benzene rings is 1. The molecule has 0 atom stereocenters. The van der Waals surface area contributed by atoms with Gasteiger partial charge in [-0.2, -0.15) is 0 Å². The number of hydrogen-bond acceptors (Lipinski definition) is 2. The van der Waals surface area contributed by atoms with Gasteiger partial charge in [0.15, 0.2) is 0 Å². The van der Waals surface area contributed by atoms with E-state index >= 15 is 0 Å². The number of amides is 1. The Bertz CT molecular complexity index is 355. The van der Waals surface area contributed by atoms with Crippen LogP contribution >= 0.6 is 0 Å². The van der Waals surface area contributed by atoms with Crippen molar-refractivity contribution in [3.05, 3.63) is 35.6 Å². The summed E-state index contributed by atoms with van der Waals surface area (Å²) in [7, 11) is 0. The first-order chi connectivity index (χ1) is 8.24. The largest absolute Gasteiger partial charge is 0.356 e. The minimum Gasteiger partial charge on any atom is -0.356 e. The number of carbonyl (C=O) groups is 1. The van der Waals surface area contributed by atoms with Crippen LogP contribution in [0.15, 0.2) is 24.3 Å². The average Bonchev–Trinajstić information content (AvgIpc) is 2.32. The molecule has 0 aromatic heterocycles. The van der Waals surface area contributed by atoms with Crippen LogP contribution in [0.5, 0.6) is 0 Å². The maximum Gasteiger partial charge on any atom is 0.224 e. The third-order valence-electron chi connectivity index (χ3n) is 2.51. The molecule has 3 N–H and O–H groups in total. The lowest BCUT2D eigenvalue weighted by Crippen LogP contribution is -2.26. The molecule has 0 fully saturated rings. The second-order valence-corrected chi connectivity index (χ2v) is 3.97. The first-order valence-corrected chi connectivity index (χ1v) is 5.94. The SMILES string of the molecule is NCCCCCNC(=O)Cc1ccccc1F. The Balaban J connectivity index is 2.23. The van der Waals surface area contributed by atoms with Crippen molar-refractivity contribution in [2.45, 2.75) is 25.7 Å². The number of hydrogen-bond donors (Lipinski definition) is 2. The van der Waals surface area contributed by atoms with Gasteiger partial charge in [0.05, 0.1) is 6.42 Å². The zero-order chi connectivity index (χ0) is 12.5. The molecule has 1 rings (SSSR count). The lowest BCUT2D eigenvalue weighted by atomic mass is 10.1. The van der Waals surface area contributed by atoms with Gasteiger partial charge in [-0.15, -0.1) is 0 Å². The molecule has 0 spiro atoms. The third kappa shape index (κ3) is 5.45. The number of nitrogens with two attached hydrogens (primary N) is 1. The molecule has 1 aromatic rings. The van der Waals surface area contributed by atoms with E-state index in [4.69, 9.17) is 5.73 Å². The van der Waals surface area contributed by atoms with Crippen LogP contribution in [0.25, 0.3) is 0 Å². The summed E-state index contributed by atoms with van der Waals surface area (Å²) in [4.78, 5) is 11.5. The summed E-state index contributed by atoms with van der Waals surface area (Å²) in [5.41, 5.74) is 5.80. The van der Waals surface area contributed by atoms with Crippen molar-refractivity contribution in [2.75, 3.05) is 13.1 Å². The third-order valence-corrected chi connectivity index (χ3v) is 2.51. The molecule has 17 heavy (non-hydrogen) atoms. The molecular formula is C13H19FN2O. The van der Waals surface area contributed by atoms with Crippen molar-refractivity contribution in [3.8, 4) is 0 Å². The summed E-state index contributed by atoms with van der Waals surface area (Å²) in [5, 5.41) is 2.77. The van der Waals surface area contributed by atoms with Gasteiger partial charge in [0, 0.05) is 6.54 Å². The minimum atomic E-state index is -0.328. The van der Waals surface area contributed by atoms with Crippen LogP contribution in [0.1, 0.15) is 24.8 Å². The van der Waals surface area contributed by atoms with E-state index in [-0.39, 0.29) is 18.1 Å². The predicted octanol–water partition coefficient (Wildman–Crippen LogP) is 1.61. The smallest absolute Gasteiger partial charge is 0.224 e. The van der Waals surface area contributed by atoms with Gasteiger partial charge in [-0.25, -0.2) is 4.39 Å². The Morgan fingerprint density at radius 1 is 1.24 bits per heavy atom. The molecule has 4 heteroatoms. The van der Waals surface area contributed by atoms with Crippen LogP contribution in [0.2, 0.25) is 0 Å². The number of nitrogens with one attached hydrogen (secondary N) is 1. The summed E-state index contributed by atoms with van der Waals surface area (Å²) in [5.74, 6) is -0.464. The predicted molar refractivity (Wildman–Crippen MR) is 66.0 cm³/mol. The highest BCUT2D eigenvalue weighted by atomic mass is 19.1. The van der Waals surface area contributed by atoms with Gasteiger partial charge in [-0.3, -0.25) is 4.79 Å². The Kier molecular flexibility index (Phi) is 6.25. The van der Waals surface area contributed by atoms with Crippen LogP contribution in [0.3, 0.4) is 0 Å². The van der Waals surface area contributed by atoms with E-state index in [2.05, 4.69) is 5.32 Å². The van der Waals surface area contributed by atoms with Crippen molar-refractivity contribution < 1.29 is 9.18 Å². The van der Waals surface area contributed by atoms with E-state index in [9.17, 15) is 9.18 Å². The molecule has 0 unspecified atom stereocenters. The summed E-state index contributed by atoms with van der Waals surface area (Å²) in [6.45, 7) is 1.32. The highest BCUT2D eigenvalue weighted by molar-refractivity contribution is 5.78. The molecule has 0 saturated heterocycles. The average molecular weight is 238 g/mol. The quantitative estimate of drug-likeness (QED) is 0.709. The van der Waals surface area contributed by atoms with Gasteiger partial charge in [-0.1, -0.05) is 24.6 Å². The minimum absolute atomic E-state index is 0.101. The van der Waals surface area contributed by atoms with E-state index in [1.54, 1.807) is 18.2 Å². The van der Waals surface area contributed by atoms with Gasteiger partial charge < -0.3 is 11.1 Å². The zero-order valence-electron chi connectivity index (χ0n) is 9.92. The highest BCUT2D eigenvalue weighted by Crippen LogP contribution is 2.06. The molecule has 1 amide bonds. The Morgan fingerprint density at radius 2 is 2.00 bits per heavy atom. The van der Waals surface area contributed by atoms with Crippen molar-refractivity contribution >= 4 is 5.91 Å². The topological polar surface area (TPSA) is 55.1 Å². The lowest BCUT2D eigenvalue weighted by Gasteiger charge is -2.05. The van der Waals surface area contributed by atoms with Gasteiger partial charge in [0.1, 0.15) is 5.82 Å². The fraction of sp³-hybridized carbons (Fsp3) is 0.462. The van der Waals surface area contributed by atoms with E-state index in [1.165, 1.54) is 6.07 Å². The lowest BCUT2D eigenvalue weighted by molar-refractivity contribution is -0.120. The maximum absolute atomic E-state index is 13.2. The summed E-state index contributed by atoms with van der Waals surface area (Å²) >= 11 is 0. The summed E-state index contributed by atoms with van der Waals surface area (Å²) in [6.07, 6.45) is 3.00. The van der Waals surface area contributed by atoms with Crippen LogP contribution in [0, 0.1) is 5.82 Å². The van der Waals surface area contributed by atoms with E-state index in [0.717, 1.165) is 19.3 Å². The first-order valence-electron chi connectivity index (χ1n) is 5.94. The molecule has 0 aliphatic rings. The van der Waals surface area contributed by atoms with Gasteiger partial charge in [0.2, 0.25) is 5.91 Å². The van der Waals surface area contributed by atoms with Gasteiger partial charge in [0.25, 0.3) is 0 Å². The van der Waals surface area contributed by atoms with Crippen LogP contribution < -0.4 is 11.1 Å². The van der Waals surface area contributed by atoms with E-state index in [1.807, 2.05) is 0 Å². The molecule has 0 aliphatic heterocycles. The maximum atomic E-state index is 13.2. The van der Waals surface area contributed by atoms with Gasteiger partial charge in [-0.05, 0) is 31.0 Å². The molecule has 0 bridgehead atoms. The second kappa shape index (κ2) is 7.79. The van der Waals surface area contributed by atoms with Crippen molar-refractivity contribution in [1.82, 2.24) is 5.32 Å². The van der Waals surface area contributed by atoms with E-state index in [0.29, 0.717) is 18.7 Å². The molecule has 0 radical (unpaired) electrons. The molecule has 94 valence electrons. The Labute approximate surface area is 101 Å². The first kappa shape index (κ1) is 13.6. The molecular weight excluding hydrogens is 219 g/mol. The fourth-order valence-electron chi connectivity index (χ4n) is 1.55. The Morgan fingerprint density at radius 3 is 2.71 bits per heavy atom. The van der Waals surface area contributed by atoms with Crippen LogP contribution in [-0.2, 0) is 11.2 Å². The molecule has 1 aromatic carbocycles. The van der Waals surface area contributed by atoms with Crippen LogP contribution in [-0.4, -0.2) is 19.0 Å². The number of rotatable bonds is 7. The molecule has 0 heterocycles. The number of halogens is 1. The Hall–Kier alpha value is -1.42. The van der Waals surface area contributed by atoms with Crippen molar-refractivity contribution in [3.63, 3.8) is 0 Å². The summed E-state index contributed by atoms with van der Waals surface area (Å²) < 4.78 is 13.2. The van der Waals surface area contributed by atoms with Crippen molar-refractivity contribution in [1.29, 1.82) is 0 Å². The number of unbranched alkanes of at least 4 members (excludes halogenated alkanes) is 2. The second-order valence-electron chi connectivity index (χ2n) is 3.97.